The van der Waals surface area contributed by atoms with Crippen LogP contribution < -0.4 is 27.0 Å². The van der Waals surface area contributed by atoms with E-state index in [4.69, 9.17) is 27.0 Å². The molecule has 0 aliphatic heterocycles. The van der Waals surface area contributed by atoms with Gasteiger partial charge in [-0.1, -0.05) is 12.1 Å². The Morgan fingerprint density at radius 2 is 1.29 bits per heavy atom. The summed E-state index contributed by atoms with van der Waals surface area (Å²) in [5, 5.41) is 9.74. The Morgan fingerprint density at radius 3 is 1.96 bits per heavy atom. The van der Waals surface area contributed by atoms with Gasteiger partial charge in [-0.15, -0.1) is 0 Å². The number of nitrogens with two attached hydrogens (primary N) is 3. The van der Waals surface area contributed by atoms with Crippen LogP contribution in [0, 0.1) is 0 Å². The minimum Gasteiger partial charge on any atom is -0.506 e. The lowest BCUT2D eigenvalue weighted by Gasteiger charge is -2.11. The first-order valence-electron chi connectivity index (χ1n) is 7.21. The molecule has 0 unspecified atom stereocenters. The van der Waals surface area contributed by atoms with Gasteiger partial charge >= 0.3 is 0 Å². The van der Waals surface area contributed by atoms with Gasteiger partial charge in [0.15, 0.2) is 5.75 Å². The molecule has 0 atom stereocenters. The summed E-state index contributed by atoms with van der Waals surface area (Å²) in [5.41, 5.74) is 20.1. The van der Waals surface area contributed by atoms with Gasteiger partial charge in [-0.2, -0.15) is 0 Å². The van der Waals surface area contributed by atoms with Crippen LogP contribution in [0.3, 0.4) is 0 Å². The van der Waals surface area contributed by atoms with Crippen molar-refractivity contribution < 1.29 is 14.9 Å². The molecular formula is C18H17N3O3. The third kappa shape index (κ3) is 3.27. The maximum atomic E-state index is 9.74. The van der Waals surface area contributed by atoms with Crippen molar-refractivity contribution in [1.82, 2.24) is 0 Å². The number of hydrogen-bond acceptors (Lipinski definition) is 6. The molecule has 122 valence electrons. The van der Waals surface area contributed by atoms with Gasteiger partial charge in [0.25, 0.3) is 0 Å². The summed E-state index contributed by atoms with van der Waals surface area (Å²) in [5.74, 6) is 0.879. The molecule has 0 spiro atoms. The number of rotatable bonds is 4. The molecule has 0 aliphatic carbocycles. The smallest absolute Gasteiger partial charge is 0.202 e. The molecule has 24 heavy (non-hydrogen) atoms. The van der Waals surface area contributed by atoms with Crippen molar-refractivity contribution >= 4 is 17.1 Å². The van der Waals surface area contributed by atoms with E-state index in [1.54, 1.807) is 54.6 Å². The van der Waals surface area contributed by atoms with Crippen LogP contribution in [0.25, 0.3) is 11.1 Å². The van der Waals surface area contributed by atoms with Crippen molar-refractivity contribution in [3.8, 4) is 28.4 Å². The molecule has 0 saturated carbocycles. The number of phenols is 1. The first-order valence-corrected chi connectivity index (χ1v) is 7.21. The topological polar surface area (TPSA) is 117 Å². The van der Waals surface area contributed by atoms with Gasteiger partial charge in [-0.25, -0.2) is 0 Å². The third-order valence-corrected chi connectivity index (χ3v) is 3.49. The molecule has 0 amide bonds. The highest BCUT2D eigenvalue weighted by molar-refractivity contribution is 5.73. The summed E-state index contributed by atoms with van der Waals surface area (Å²) < 4.78 is 0. The third-order valence-electron chi connectivity index (χ3n) is 3.49. The molecule has 0 aromatic heterocycles. The van der Waals surface area contributed by atoms with Crippen LogP contribution in [0.4, 0.5) is 17.1 Å². The lowest BCUT2D eigenvalue weighted by molar-refractivity contribution is -0.0991. The van der Waals surface area contributed by atoms with Crippen LogP contribution in [0.5, 0.6) is 17.2 Å². The molecule has 6 nitrogen and oxygen atoms in total. The molecule has 0 fully saturated rings. The zero-order chi connectivity index (χ0) is 17.1. The van der Waals surface area contributed by atoms with Gasteiger partial charge in [-0.05, 0) is 59.7 Å². The first kappa shape index (κ1) is 15.4. The lowest BCUT2D eigenvalue weighted by atomic mass is 10.0. The number of anilines is 3. The van der Waals surface area contributed by atoms with Crippen LogP contribution in [-0.2, 0) is 0 Å². The van der Waals surface area contributed by atoms with Crippen LogP contribution in [0.1, 0.15) is 0 Å². The standard InChI is InChI=1S/C18H17N3O3/c19-13-3-5-14(6-4-13)23-24-18-10-12(2-8-16(18)21)11-1-7-15(20)17(22)9-11/h1-10,22H,19-21H2. The summed E-state index contributed by atoms with van der Waals surface area (Å²) in [4.78, 5) is 10.6. The van der Waals surface area contributed by atoms with Crippen molar-refractivity contribution in [2.75, 3.05) is 17.2 Å². The summed E-state index contributed by atoms with van der Waals surface area (Å²) in [6.45, 7) is 0. The molecular weight excluding hydrogens is 306 g/mol. The highest BCUT2D eigenvalue weighted by Crippen LogP contribution is 2.32. The largest absolute Gasteiger partial charge is 0.506 e. The Bertz CT molecular complexity index is 864. The first-order chi connectivity index (χ1) is 11.5. The molecule has 3 rings (SSSR count). The molecule has 0 bridgehead atoms. The zero-order valence-corrected chi connectivity index (χ0v) is 12.8. The van der Waals surface area contributed by atoms with E-state index in [1.807, 2.05) is 6.07 Å². The number of nitrogen functional groups attached to an aromatic ring is 3. The van der Waals surface area contributed by atoms with Crippen molar-refractivity contribution in [1.29, 1.82) is 0 Å². The van der Waals surface area contributed by atoms with E-state index in [9.17, 15) is 5.11 Å². The number of hydrogen-bond donors (Lipinski definition) is 4. The summed E-state index contributed by atoms with van der Waals surface area (Å²) >= 11 is 0. The SMILES string of the molecule is Nc1ccc(OOc2cc(-c3ccc(N)c(O)c3)ccc2N)cc1. The van der Waals surface area contributed by atoms with E-state index >= 15 is 0 Å². The number of phenolic OH excluding ortho intramolecular Hbond substituents is 1. The Hall–Kier alpha value is -3.54. The summed E-state index contributed by atoms with van der Waals surface area (Å²) in [6.07, 6.45) is 0. The zero-order valence-electron chi connectivity index (χ0n) is 12.8. The monoisotopic (exact) mass is 323 g/mol. The van der Waals surface area contributed by atoms with Crippen molar-refractivity contribution in [2.24, 2.45) is 0 Å². The van der Waals surface area contributed by atoms with E-state index in [0.29, 0.717) is 28.6 Å². The fourth-order valence-electron chi connectivity index (χ4n) is 2.13. The molecule has 0 saturated heterocycles. The van der Waals surface area contributed by atoms with Crippen LogP contribution in [0.15, 0.2) is 60.7 Å². The minimum atomic E-state index is 0.0184. The normalized spacial score (nSPS) is 10.3. The van der Waals surface area contributed by atoms with E-state index in [1.165, 1.54) is 0 Å². The van der Waals surface area contributed by atoms with Crippen molar-refractivity contribution in [3.05, 3.63) is 60.7 Å². The highest BCUT2D eigenvalue weighted by atomic mass is 17.2. The van der Waals surface area contributed by atoms with E-state index < -0.39 is 0 Å². The van der Waals surface area contributed by atoms with Gasteiger partial charge in [0, 0.05) is 5.69 Å². The van der Waals surface area contributed by atoms with Crippen molar-refractivity contribution in [3.63, 3.8) is 0 Å². The van der Waals surface area contributed by atoms with Crippen LogP contribution in [0.2, 0.25) is 0 Å². The quantitative estimate of drug-likeness (QED) is 0.253. The lowest BCUT2D eigenvalue weighted by Crippen LogP contribution is -2.03. The molecule has 0 heterocycles. The predicted molar refractivity (Wildman–Crippen MR) is 94.5 cm³/mol. The van der Waals surface area contributed by atoms with Crippen molar-refractivity contribution in [2.45, 2.75) is 0 Å². The second-order valence-corrected chi connectivity index (χ2v) is 5.26. The fraction of sp³-hybridized carbons (Fsp3) is 0. The maximum absolute atomic E-state index is 9.74. The van der Waals surface area contributed by atoms with Crippen LogP contribution in [-0.4, -0.2) is 5.11 Å². The van der Waals surface area contributed by atoms with Gasteiger partial charge in [0.2, 0.25) is 5.75 Å². The molecule has 0 radical (unpaired) electrons. The number of aromatic hydroxyl groups is 1. The average molecular weight is 323 g/mol. The summed E-state index contributed by atoms with van der Waals surface area (Å²) in [6, 6.07) is 17.0. The molecule has 3 aromatic rings. The Kier molecular flexibility index (Phi) is 4.03. The minimum absolute atomic E-state index is 0.0184. The van der Waals surface area contributed by atoms with Gasteiger partial charge < -0.3 is 22.3 Å². The van der Waals surface area contributed by atoms with E-state index in [2.05, 4.69) is 0 Å². The highest BCUT2D eigenvalue weighted by Gasteiger charge is 2.08. The average Bonchev–Trinajstić information content (AvgIpc) is 2.58. The van der Waals surface area contributed by atoms with Gasteiger partial charge in [0.1, 0.15) is 5.75 Å². The maximum Gasteiger partial charge on any atom is 0.202 e. The number of benzene rings is 3. The molecule has 7 N–H and O–H groups in total. The van der Waals surface area contributed by atoms with E-state index in [-0.39, 0.29) is 5.75 Å². The summed E-state index contributed by atoms with van der Waals surface area (Å²) in [7, 11) is 0. The van der Waals surface area contributed by atoms with Gasteiger partial charge in [-0.3, -0.25) is 9.78 Å². The Morgan fingerprint density at radius 1 is 0.667 bits per heavy atom. The Balaban J connectivity index is 1.83. The van der Waals surface area contributed by atoms with E-state index in [0.717, 1.165) is 11.1 Å². The molecule has 6 heteroatoms. The molecule has 0 aliphatic rings. The Labute approximate surface area is 139 Å². The predicted octanol–water partition coefficient (Wildman–Crippen LogP) is 3.18. The van der Waals surface area contributed by atoms with Crippen LogP contribution >= 0.6 is 0 Å². The fourth-order valence-corrected chi connectivity index (χ4v) is 2.13. The van der Waals surface area contributed by atoms with Gasteiger partial charge in [0.05, 0.1) is 11.4 Å². The second kappa shape index (κ2) is 6.29. The molecule has 3 aromatic carbocycles. The second-order valence-electron chi connectivity index (χ2n) is 5.26.